The van der Waals surface area contributed by atoms with Gasteiger partial charge in [-0.05, 0) is 49.4 Å². The topological polar surface area (TPSA) is 180 Å². The van der Waals surface area contributed by atoms with Crippen molar-refractivity contribution < 1.29 is 28.6 Å². The first-order valence-corrected chi connectivity index (χ1v) is 13.8. The van der Waals surface area contributed by atoms with Gasteiger partial charge in [0, 0.05) is 36.4 Å². The summed E-state index contributed by atoms with van der Waals surface area (Å²) in [5, 5.41) is 22.4. The van der Waals surface area contributed by atoms with E-state index in [1.165, 1.54) is 18.2 Å². The Labute approximate surface area is 247 Å². The van der Waals surface area contributed by atoms with E-state index in [0.29, 0.717) is 31.1 Å². The molecule has 1 aromatic heterocycles. The van der Waals surface area contributed by atoms with Crippen LogP contribution in [0.2, 0.25) is 0 Å². The van der Waals surface area contributed by atoms with Gasteiger partial charge >= 0.3 is 0 Å². The number of nitrogens with one attached hydrogen (secondary N) is 1. The number of hydrogen-bond acceptors (Lipinski definition) is 11. The maximum atomic E-state index is 14.8. The smallest absolute Gasteiger partial charge is 0.251 e. The number of hydrogen-bond donors (Lipinski definition) is 3. The van der Waals surface area contributed by atoms with Crippen LogP contribution in [0.4, 0.5) is 21.7 Å². The first kappa shape index (κ1) is 29.6. The van der Waals surface area contributed by atoms with Gasteiger partial charge in [-0.2, -0.15) is 10.2 Å². The second kappa shape index (κ2) is 13.0. The van der Waals surface area contributed by atoms with Crippen LogP contribution in [0.5, 0.6) is 5.75 Å². The fourth-order valence-electron chi connectivity index (χ4n) is 4.94. The van der Waals surface area contributed by atoms with Crippen molar-refractivity contribution in [3.05, 3.63) is 54.4 Å². The molecule has 0 unspecified atom stereocenters. The van der Waals surface area contributed by atoms with Crippen LogP contribution in [0.1, 0.15) is 18.9 Å². The molecule has 2 fully saturated rings. The first-order chi connectivity index (χ1) is 20.7. The summed E-state index contributed by atoms with van der Waals surface area (Å²) in [6.45, 7) is 2.82. The Balaban J connectivity index is 1.24. The zero-order valence-corrected chi connectivity index (χ0v) is 23.4. The molecule has 13 nitrogen and oxygen atoms in total. The highest BCUT2D eigenvalue weighted by molar-refractivity contribution is 5.80. The summed E-state index contributed by atoms with van der Waals surface area (Å²) in [6, 6.07) is 14.4. The number of rotatable bonds is 8. The number of carbonyl (C=O) groups excluding carboxylic acids is 2. The number of aliphatic hydroxyl groups excluding tert-OH is 1. The van der Waals surface area contributed by atoms with Crippen molar-refractivity contribution in [3.8, 4) is 23.2 Å². The number of benzene rings is 2. The second-order valence-corrected chi connectivity index (χ2v) is 10.3. The lowest BCUT2D eigenvalue weighted by Crippen LogP contribution is -2.51. The van der Waals surface area contributed by atoms with Crippen LogP contribution in [0.15, 0.2) is 48.8 Å². The lowest BCUT2D eigenvalue weighted by Gasteiger charge is -2.35. The number of carbonyl (C=O) groups is 2. The molecule has 3 aromatic rings. The maximum Gasteiger partial charge on any atom is 0.251 e. The van der Waals surface area contributed by atoms with Crippen LogP contribution in [0, 0.1) is 11.3 Å². The Bertz CT molecular complexity index is 1520. The molecule has 0 radical (unpaired) electrons. The number of ether oxygens (including phenoxy) is 2. The van der Waals surface area contributed by atoms with E-state index < -0.39 is 36.3 Å². The molecule has 2 amide bonds. The average Bonchev–Trinajstić information content (AvgIpc) is 3.02. The van der Waals surface area contributed by atoms with Crippen LogP contribution < -0.4 is 20.7 Å². The van der Waals surface area contributed by atoms with Crippen LogP contribution >= 0.6 is 0 Å². The number of nitriles is 1. The molecule has 5 rings (SSSR count). The number of aromatic nitrogens is 3. The van der Waals surface area contributed by atoms with Crippen LogP contribution in [-0.4, -0.2) is 94.0 Å². The Hall–Kier alpha value is -4.87. The fraction of sp³-hybridized carbons (Fsp3) is 0.379. The highest BCUT2D eigenvalue weighted by Crippen LogP contribution is 2.29. The number of aliphatic hydroxyl groups is 1. The fourth-order valence-corrected chi connectivity index (χ4v) is 4.94. The number of likely N-dealkylation sites (tertiary alicyclic amines) is 1. The predicted molar refractivity (Wildman–Crippen MR) is 153 cm³/mol. The number of nitrogens with two attached hydrogens (primary N) is 1. The molecular weight excluding hydrogens is 559 g/mol. The van der Waals surface area contributed by atoms with Gasteiger partial charge in [0.25, 0.3) is 5.91 Å². The number of amides is 2. The van der Waals surface area contributed by atoms with Gasteiger partial charge in [-0.25, -0.2) is 14.4 Å². The lowest BCUT2D eigenvalue weighted by atomic mass is 10.0. The number of primary amides is 1. The molecule has 2 saturated heterocycles. The summed E-state index contributed by atoms with van der Waals surface area (Å²) in [4.78, 5) is 39.7. The zero-order valence-electron chi connectivity index (χ0n) is 23.4. The van der Waals surface area contributed by atoms with Gasteiger partial charge in [0.2, 0.25) is 11.9 Å². The predicted octanol–water partition coefficient (Wildman–Crippen LogP) is 1.54. The maximum absolute atomic E-state index is 14.8. The summed E-state index contributed by atoms with van der Waals surface area (Å²) in [7, 11) is 0. The van der Waals surface area contributed by atoms with Gasteiger partial charge in [-0.3, -0.25) is 9.59 Å². The molecule has 14 heteroatoms. The molecule has 0 saturated carbocycles. The molecule has 0 spiro atoms. The van der Waals surface area contributed by atoms with Gasteiger partial charge in [0.1, 0.15) is 30.4 Å². The van der Waals surface area contributed by atoms with Gasteiger partial charge in [-0.1, -0.05) is 0 Å². The summed E-state index contributed by atoms with van der Waals surface area (Å²) >= 11 is 0. The number of halogens is 1. The van der Waals surface area contributed by atoms with E-state index in [1.54, 1.807) is 18.2 Å². The molecule has 0 bridgehead atoms. The van der Waals surface area contributed by atoms with Crippen molar-refractivity contribution in [3.63, 3.8) is 0 Å². The van der Waals surface area contributed by atoms with E-state index in [9.17, 15) is 24.3 Å². The van der Waals surface area contributed by atoms with Crippen LogP contribution in [0.25, 0.3) is 11.4 Å². The lowest BCUT2D eigenvalue weighted by molar-refractivity contribution is -0.143. The summed E-state index contributed by atoms with van der Waals surface area (Å²) in [5.41, 5.74) is 7.75. The van der Waals surface area contributed by atoms with E-state index in [2.05, 4.69) is 26.3 Å². The minimum absolute atomic E-state index is 0.180. The van der Waals surface area contributed by atoms with Crippen molar-refractivity contribution in [2.24, 2.45) is 5.73 Å². The molecular formula is C29H31FN8O5. The Kier molecular flexibility index (Phi) is 8.93. The first-order valence-electron chi connectivity index (χ1n) is 13.8. The Morgan fingerprint density at radius 3 is 2.70 bits per heavy atom. The molecule has 2 aliphatic rings. The van der Waals surface area contributed by atoms with E-state index in [0.717, 1.165) is 11.4 Å². The van der Waals surface area contributed by atoms with Crippen molar-refractivity contribution in [2.45, 2.75) is 37.8 Å². The van der Waals surface area contributed by atoms with Crippen molar-refractivity contribution in [1.82, 2.24) is 19.9 Å². The monoisotopic (exact) mass is 590 g/mol. The molecule has 4 atom stereocenters. The quantitative estimate of drug-likeness (QED) is 0.346. The Morgan fingerprint density at radius 1 is 1.21 bits per heavy atom. The highest BCUT2D eigenvalue weighted by Gasteiger charge is 2.34. The van der Waals surface area contributed by atoms with Gasteiger partial charge in [0.15, 0.2) is 18.1 Å². The summed E-state index contributed by atoms with van der Waals surface area (Å²) in [5.74, 6) is -0.204. The number of piperidine rings is 1. The standard InChI is InChI=1S/C29H31FN8O5/c1-17(39)28(41)38-9-8-24(22(30)14-38)43-23-7-2-18(12-19(23)13-31)27-33-16-34-29(36-27)35-20-3-5-21(6-4-20)37-10-11-42-25(15-37)26(32)40/h2-7,12,16-17,22,24-25,39H,8-11,14-15H2,1H3,(H2,32,40)(H,33,34,35,36)/t17-,22-,24-,25+/m0/s1. The van der Waals surface area contributed by atoms with E-state index in [-0.39, 0.29) is 36.8 Å². The van der Waals surface area contributed by atoms with E-state index in [1.807, 2.05) is 29.2 Å². The Morgan fingerprint density at radius 2 is 2.00 bits per heavy atom. The largest absolute Gasteiger partial charge is 0.486 e. The minimum atomic E-state index is -1.48. The highest BCUT2D eigenvalue weighted by atomic mass is 19.1. The summed E-state index contributed by atoms with van der Waals surface area (Å²) < 4.78 is 26.1. The second-order valence-electron chi connectivity index (χ2n) is 10.3. The summed E-state index contributed by atoms with van der Waals surface area (Å²) in [6.07, 6.45) is -2.60. The minimum Gasteiger partial charge on any atom is -0.486 e. The van der Waals surface area contributed by atoms with Gasteiger partial charge in [0.05, 0.1) is 25.3 Å². The van der Waals surface area contributed by atoms with Crippen molar-refractivity contribution in [1.29, 1.82) is 5.26 Å². The zero-order chi connectivity index (χ0) is 30.5. The number of morpholine rings is 1. The molecule has 2 aromatic carbocycles. The van der Waals surface area contributed by atoms with Gasteiger partial charge < -0.3 is 35.4 Å². The third-order valence-electron chi connectivity index (χ3n) is 7.23. The number of alkyl halides is 1. The molecule has 43 heavy (non-hydrogen) atoms. The molecule has 224 valence electrons. The van der Waals surface area contributed by atoms with E-state index >= 15 is 0 Å². The molecule has 4 N–H and O–H groups in total. The third-order valence-corrected chi connectivity index (χ3v) is 7.23. The average molecular weight is 591 g/mol. The molecule has 2 aliphatic heterocycles. The van der Waals surface area contributed by atoms with Crippen molar-refractivity contribution >= 4 is 29.1 Å². The van der Waals surface area contributed by atoms with Gasteiger partial charge in [-0.15, -0.1) is 0 Å². The molecule has 3 heterocycles. The normalized spacial score (nSPS) is 21.0. The van der Waals surface area contributed by atoms with Crippen LogP contribution in [0.3, 0.4) is 0 Å². The third kappa shape index (κ3) is 6.96. The van der Waals surface area contributed by atoms with Crippen LogP contribution in [-0.2, 0) is 14.3 Å². The number of anilines is 3. The SMILES string of the molecule is C[C@H](O)C(=O)N1CC[C@H](Oc2ccc(-c3ncnc(Nc4ccc(N5CCO[C@@H](C(N)=O)C5)cc4)n3)cc2C#N)[C@@H](F)C1. The van der Waals surface area contributed by atoms with Crippen molar-refractivity contribution in [2.75, 3.05) is 43.0 Å². The van der Waals surface area contributed by atoms with E-state index in [4.69, 9.17) is 15.2 Å². The molecule has 0 aliphatic carbocycles. The number of nitrogens with zero attached hydrogens (tertiary/aromatic N) is 6.